The minimum absolute atomic E-state index is 0.119. The molecule has 2 heterocycles. The molecule has 1 atom stereocenters. The van der Waals surface area contributed by atoms with Crippen LogP contribution in [0.5, 0.6) is 0 Å². The van der Waals surface area contributed by atoms with Crippen LogP contribution in [0.25, 0.3) is 0 Å². The Morgan fingerprint density at radius 1 is 1.45 bits per heavy atom. The van der Waals surface area contributed by atoms with E-state index in [2.05, 4.69) is 0 Å². The predicted octanol–water partition coefficient (Wildman–Crippen LogP) is 1.76. The van der Waals surface area contributed by atoms with Gasteiger partial charge >= 0.3 is 5.97 Å². The standard InChI is InChI=1S/C14H19NO5S2/c1-9-6-12(10(2)21-9)22(18,19)15-7-11(13(16)17)20-8-14(15)4-3-5-14/h6,11H,3-5,7-8H2,1-2H3,(H,16,17). The second-order valence-electron chi connectivity index (χ2n) is 6.03. The van der Waals surface area contributed by atoms with Crippen molar-refractivity contribution >= 4 is 27.3 Å². The van der Waals surface area contributed by atoms with Crippen LogP contribution in [-0.4, -0.2) is 48.6 Å². The highest BCUT2D eigenvalue weighted by atomic mass is 32.2. The molecule has 1 aromatic rings. The van der Waals surface area contributed by atoms with Gasteiger partial charge in [0.05, 0.1) is 23.6 Å². The SMILES string of the molecule is Cc1cc(S(=O)(=O)N2CC(C(=O)O)OCC23CCC3)c(C)s1. The number of ether oxygens (including phenoxy) is 1. The highest BCUT2D eigenvalue weighted by molar-refractivity contribution is 7.89. The molecule has 122 valence electrons. The quantitative estimate of drug-likeness (QED) is 0.902. The van der Waals surface area contributed by atoms with Crippen LogP contribution in [0.4, 0.5) is 0 Å². The van der Waals surface area contributed by atoms with Crippen LogP contribution < -0.4 is 0 Å². The minimum atomic E-state index is -3.71. The van der Waals surface area contributed by atoms with Crippen molar-refractivity contribution in [1.82, 2.24) is 4.31 Å². The van der Waals surface area contributed by atoms with E-state index in [0.29, 0.717) is 4.90 Å². The van der Waals surface area contributed by atoms with Gasteiger partial charge in [-0.05, 0) is 39.2 Å². The molecule has 0 bridgehead atoms. The number of aliphatic carboxylic acids is 1. The fourth-order valence-corrected chi connectivity index (χ4v) is 6.53. The van der Waals surface area contributed by atoms with Gasteiger partial charge in [-0.1, -0.05) is 0 Å². The zero-order valence-electron chi connectivity index (χ0n) is 12.5. The molecule has 1 saturated carbocycles. The highest BCUT2D eigenvalue weighted by Gasteiger charge is 2.53. The van der Waals surface area contributed by atoms with Gasteiger partial charge in [0, 0.05) is 9.75 Å². The van der Waals surface area contributed by atoms with Gasteiger partial charge in [-0.15, -0.1) is 11.3 Å². The molecule has 1 N–H and O–H groups in total. The number of carboxylic acid groups (broad SMARTS) is 1. The summed E-state index contributed by atoms with van der Waals surface area (Å²) in [5, 5.41) is 9.17. The zero-order valence-corrected chi connectivity index (χ0v) is 14.2. The number of hydrogen-bond donors (Lipinski definition) is 1. The normalized spacial score (nSPS) is 25.1. The lowest BCUT2D eigenvalue weighted by Crippen LogP contribution is -2.65. The molecule has 3 rings (SSSR count). The van der Waals surface area contributed by atoms with E-state index in [1.807, 2.05) is 6.92 Å². The molecule has 1 saturated heterocycles. The van der Waals surface area contributed by atoms with Crippen molar-refractivity contribution < 1.29 is 23.1 Å². The summed E-state index contributed by atoms with van der Waals surface area (Å²) >= 11 is 1.44. The van der Waals surface area contributed by atoms with Crippen molar-refractivity contribution in [2.75, 3.05) is 13.2 Å². The summed E-state index contributed by atoms with van der Waals surface area (Å²) in [5.74, 6) is -1.12. The van der Waals surface area contributed by atoms with E-state index in [4.69, 9.17) is 9.84 Å². The van der Waals surface area contributed by atoms with E-state index in [0.717, 1.165) is 29.0 Å². The number of aryl methyl sites for hydroxylation is 2. The van der Waals surface area contributed by atoms with E-state index in [-0.39, 0.29) is 13.2 Å². The Balaban J connectivity index is 2.01. The Hall–Kier alpha value is -0.960. The van der Waals surface area contributed by atoms with E-state index >= 15 is 0 Å². The minimum Gasteiger partial charge on any atom is -0.479 e. The molecule has 22 heavy (non-hydrogen) atoms. The summed E-state index contributed by atoms with van der Waals surface area (Å²) in [7, 11) is -3.71. The average Bonchev–Trinajstić information content (AvgIpc) is 2.75. The first-order valence-electron chi connectivity index (χ1n) is 7.21. The number of hydrogen-bond acceptors (Lipinski definition) is 5. The lowest BCUT2D eigenvalue weighted by atomic mass is 9.76. The number of morpholine rings is 1. The van der Waals surface area contributed by atoms with Crippen molar-refractivity contribution in [2.45, 2.75) is 49.6 Å². The number of carbonyl (C=O) groups is 1. The Bertz CT molecular complexity index is 705. The third kappa shape index (κ3) is 2.38. The Labute approximate surface area is 133 Å². The Morgan fingerprint density at radius 2 is 2.14 bits per heavy atom. The van der Waals surface area contributed by atoms with Crippen molar-refractivity contribution in [3.63, 3.8) is 0 Å². The maximum atomic E-state index is 13.1. The molecule has 0 amide bonds. The molecule has 2 aliphatic rings. The van der Waals surface area contributed by atoms with Gasteiger partial charge in [0.25, 0.3) is 0 Å². The summed E-state index contributed by atoms with van der Waals surface area (Å²) in [5.41, 5.74) is -0.562. The fraction of sp³-hybridized carbons (Fsp3) is 0.643. The second kappa shape index (κ2) is 5.30. The van der Waals surface area contributed by atoms with Crippen molar-refractivity contribution in [1.29, 1.82) is 0 Å². The van der Waals surface area contributed by atoms with Crippen LogP contribution >= 0.6 is 11.3 Å². The van der Waals surface area contributed by atoms with Crippen molar-refractivity contribution in [2.24, 2.45) is 0 Å². The third-order valence-corrected chi connectivity index (χ3v) is 7.73. The predicted molar refractivity (Wildman–Crippen MR) is 81.6 cm³/mol. The van der Waals surface area contributed by atoms with Crippen LogP contribution in [0.2, 0.25) is 0 Å². The summed E-state index contributed by atoms with van der Waals surface area (Å²) in [6.07, 6.45) is 1.29. The zero-order chi connectivity index (χ0) is 16.1. The lowest BCUT2D eigenvalue weighted by molar-refractivity contribution is -0.166. The molecule has 0 aromatic carbocycles. The Kier molecular flexibility index (Phi) is 3.83. The Morgan fingerprint density at radius 3 is 2.59 bits per heavy atom. The van der Waals surface area contributed by atoms with Crippen LogP contribution in [-0.2, 0) is 19.6 Å². The van der Waals surface area contributed by atoms with Gasteiger partial charge < -0.3 is 9.84 Å². The van der Waals surface area contributed by atoms with Gasteiger partial charge in [-0.3, -0.25) is 0 Å². The average molecular weight is 345 g/mol. The molecule has 1 unspecified atom stereocenters. The summed E-state index contributed by atoms with van der Waals surface area (Å²) in [4.78, 5) is 13.2. The summed E-state index contributed by atoms with van der Waals surface area (Å²) in [6, 6.07) is 1.67. The van der Waals surface area contributed by atoms with Gasteiger partial charge in [0.15, 0.2) is 6.10 Å². The largest absolute Gasteiger partial charge is 0.479 e. The highest BCUT2D eigenvalue weighted by Crippen LogP contribution is 2.44. The monoisotopic (exact) mass is 345 g/mol. The van der Waals surface area contributed by atoms with E-state index in [9.17, 15) is 13.2 Å². The topological polar surface area (TPSA) is 83.9 Å². The number of thiophene rings is 1. The molecular weight excluding hydrogens is 326 g/mol. The van der Waals surface area contributed by atoms with Crippen LogP contribution in [0.15, 0.2) is 11.0 Å². The smallest absolute Gasteiger partial charge is 0.334 e. The molecule has 8 heteroatoms. The van der Waals surface area contributed by atoms with Crippen LogP contribution in [0.3, 0.4) is 0 Å². The van der Waals surface area contributed by atoms with Crippen LogP contribution in [0.1, 0.15) is 29.0 Å². The summed E-state index contributed by atoms with van der Waals surface area (Å²) in [6.45, 7) is 3.69. The van der Waals surface area contributed by atoms with Gasteiger partial charge in [0.2, 0.25) is 10.0 Å². The van der Waals surface area contributed by atoms with E-state index < -0.39 is 27.6 Å². The first kappa shape index (κ1) is 15.9. The number of nitrogens with zero attached hydrogens (tertiary/aromatic N) is 1. The summed E-state index contributed by atoms with van der Waals surface area (Å²) < 4.78 is 32.9. The maximum absolute atomic E-state index is 13.1. The lowest BCUT2D eigenvalue weighted by Gasteiger charge is -2.52. The number of carboxylic acids is 1. The molecule has 1 aliphatic heterocycles. The van der Waals surface area contributed by atoms with Crippen LogP contribution in [0, 0.1) is 13.8 Å². The fourth-order valence-electron chi connectivity index (χ4n) is 3.19. The molecule has 0 radical (unpaired) electrons. The number of rotatable bonds is 3. The van der Waals surface area contributed by atoms with E-state index in [1.54, 1.807) is 13.0 Å². The van der Waals surface area contributed by atoms with Crippen molar-refractivity contribution in [3.05, 3.63) is 15.8 Å². The number of sulfonamides is 1. The third-order valence-electron chi connectivity index (χ3n) is 4.54. The van der Waals surface area contributed by atoms with E-state index in [1.165, 1.54) is 15.6 Å². The van der Waals surface area contributed by atoms with Gasteiger partial charge in [-0.2, -0.15) is 4.31 Å². The molecule has 1 aliphatic carbocycles. The van der Waals surface area contributed by atoms with Gasteiger partial charge in [-0.25, -0.2) is 13.2 Å². The second-order valence-corrected chi connectivity index (χ2v) is 9.32. The first-order valence-corrected chi connectivity index (χ1v) is 9.46. The van der Waals surface area contributed by atoms with Crippen molar-refractivity contribution in [3.8, 4) is 0 Å². The molecule has 6 nitrogen and oxygen atoms in total. The molecular formula is C14H19NO5S2. The molecule has 2 fully saturated rings. The molecule has 1 spiro atoms. The molecule has 1 aromatic heterocycles. The maximum Gasteiger partial charge on any atom is 0.334 e. The van der Waals surface area contributed by atoms with Gasteiger partial charge in [0.1, 0.15) is 0 Å². The first-order chi connectivity index (χ1) is 10.3.